The van der Waals surface area contributed by atoms with Crippen molar-refractivity contribution < 1.29 is 19.4 Å². The first-order valence-electron chi connectivity index (χ1n) is 6.22. The summed E-state index contributed by atoms with van der Waals surface area (Å²) in [5.41, 5.74) is 1.15. The Hall–Kier alpha value is -3.07. The van der Waals surface area contributed by atoms with E-state index in [9.17, 15) is 4.79 Å². The fourth-order valence-corrected chi connectivity index (χ4v) is 2.05. The van der Waals surface area contributed by atoms with Crippen LogP contribution >= 0.6 is 0 Å². The minimum absolute atomic E-state index is 0.309. The van der Waals surface area contributed by atoms with Crippen LogP contribution in [0.25, 0.3) is 0 Å². The van der Waals surface area contributed by atoms with Gasteiger partial charge < -0.3 is 14.6 Å². The van der Waals surface area contributed by atoms with E-state index >= 15 is 0 Å². The molecule has 21 heavy (non-hydrogen) atoms. The first-order valence-corrected chi connectivity index (χ1v) is 6.22. The summed E-state index contributed by atoms with van der Waals surface area (Å²) in [6.07, 6.45) is 0.961. The highest BCUT2D eigenvalue weighted by atomic mass is 16.5. The zero-order chi connectivity index (χ0) is 14.8. The first kappa shape index (κ1) is 12.9. The molecule has 1 aromatic heterocycles. The van der Waals surface area contributed by atoms with Crippen LogP contribution in [0.1, 0.15) is 11.3 Å². The molecule has 0 saturated carbocycles. The van der Waals surface area contributed by atoms with Gasteiger partial charge in [0.05, 0.1) is 6.20 Å². The number of benzene rings is 1. The summed E-state index contributed by atoms with van der Waals surface area (Å²) in [5, 5.41) is 17.6. The molecular formula is C15H10N2O4. The van der Waals surface area contributed by atoms with E-state index in [0.717, 1.165) is 5.56 Å². The van der Waals surface area contributed by atoms with Gasteiger partial charge in [0.25, 0.3) is 0 Å². The van der Waals surface area contributed by atoms with Crippen molar-refractivity contribution in [3.63, 3.8) is 0 Å². The molecular weight excluding hydrogens is 272 g/mol. The van der Waals surface area contributed by atoms with Crippen molar-refractivity contribution in [2.75, 3.05) is 0 Å². The third kappa shape index (κ3) is 2.62. The predicted octanol–water partition coefficient (Wildman–Crippen LogP) is 2.13. The molecule has 0 amide bonds. The number of aromatic nitrogens is 1. The Morgan fingerprint density at radius 1 is 1.38 bits per heavy atom. The molecule has 1 aliphatic heterocycles. The van der Waals surface area contributed by atoms with Gasteiger partial charge in [-0.1, -0.05) is 6.07 Å². The second-order valence-electron chi connectivity index (χ2n) is 4.51. The highest BCUT2D eigenvalue weighted by Gasteiger charge is 2.28. The van der Waals surface area contributed by atoms with E-state index in [1.165, 1.54) is 6.20 Å². The van der Waals surface area contributed by atoms with Crippen LogP contribution in [0.15, 0.2) is 36.5 Å². The van der Waals surface area contributed by atoms with Gasteiger partial charge in [-0.3, -0.25) is 0 Å². The molecule has 3 rings (SSSR count). The van der Waals surface area contributed by atoms with Crippen LogP contribution in [0.2, 0.25) is 0 Å². The average Bonchev–Trinajstić information content (AvgIpc) is 2.91. The van der Waals surface area contributed by atoms with Crippen molar-refractivity contribution in [3.05, 3.63) is 47.8 Å². The maximum Gasteiger partial charge on any atom is 0.345 e. The standard InChI is InChI=1S/C15H10N2O4/c16-7-10-2-4-12(8-17-10)20-11-3-1-9-5-14(15(18)19)21-13(9)6-11/h1-4,6,8,14H,5H2,(H,18,19). The molecule has 0 fully saturated rings. The van der Waals surface area contributed by atoms with Crippen molar-refractivity contribution in [2.24, 2.45) is 0 Å². The van der Waals surface area contributed by atoms with Gasteiger partial charge in [0.1, 0.15) is 29.0 Å². The molecule has 0 aliphatic carbocycles. The van der Waals surface area contributed by atoms with E-state index in [-0.39, 0.29) is 0 Å². The topological polar surface area (TPSA) is 92.4 Å². The molecule has 0 saturated heterocycles. The van der Waals surface area contributed by atoms with E-state index in [4.69, 9.17) is 19.8 Å². The lowest BCUT2D eigenvalue weighted by Gasteiger charge is -2.07. The Kier molecular flexibility index (Phi) is 3.16. The number of hydrogen-bond donors (Lipinski definition) is 1. The number of ether oxygens (including phenoxy) is 2. The second kappa shape index (κ2) is 5.13. The van der Waals surface area contributed by atoms with E-state index in [2.05, 4.69) is 4.98 Å². The highest BCUT2D eigenvalue weighted by Crippen LogP contribution is 2.34. The molecule has 104 valence electrons. The first-order chi connectivity index (χ1) is 10.2. The van der Waals surface area contributed by atoms with Crippen molar-refractivity contribution in [3.8, 4) is 23.3 Å². The monoisotopic (exact) mass is 282 g/mol. The minimum Gasteiger partial charge on any atom is -0.478 e. The van der Waals surface area contributed by atoms with Gasteiger partial charge in [0.15, 0.2) is 6.10 Å². The van der Waals surface area contributed by atoms with E-state index in [1.54, 1.807) is 30.3 Å². The smallest absolute Gasteiger partial charge is 0.345 e. The summed E-state index contributed by atoms with van der Waals surface area (Å²) >= 11 is 0. The van der Waals surface area contributed by atoms with Crippen molar-refractivity contribution in [1.82, 2.24) is 4.98 Å². The second-order valence-corrected chi connectivity index (χ2v) is 4.51. The van der Waals surface area contributed by atoms with Gasteiger partial charge in [-0.25, -0.2) is 9.78 Å². The zero-order valence-corrected chi connectivity index (χ0v) is 10.8. The molecule has 6 nitrogen and oxygen atoms in total. The molecule has 1 aromatic carbocycles. The highest BCUT2D eigenvalue weighted by molar-refractivity contribution is 5.74. The zero-order valence-electron chi connectivity index (χ0n) is 10.8. The molecule has 1 N–H and O–H groups in total. The van der Waals surface area contributed by atoms with E-state index in [0.29, 0.717) is 29.4 Å². The summed E-state index contributed by atoms with van der Waals surface area (Å²) in [5.74, 6) is 0.541. The number of rotatable bonds is 3. The Labute approximate surface area is 120 Å². The third-order valence-corrected chi connectivity index (χ3v) is 3.08. The summed E-state index contributed by atoms with van der Waals surface area (Å²) in [7, 11) is 0. The molecule has 0 bridgehead atoms. The Morgan fingerprint density at radius 3 is 2.86 bits per heavy atom. The van der Waals surface area contributed by atoms with E-state index in [1.807, 2.05) is 6.07 Å². The van der Waals surface area contributed by atoms with Gasteiger partial charge in [-0.2, -0.15) is 5.26 Å². The normalized spacial score (nSPS) is 15.7. The number of nitrogens with zero attached hydrogens (tertiary/aromatic N) is 2. The lowest BCUT2D eigenvalue weighted by Crippen LogP contribution is -2.24. The Morgan fingerprint density at radius 2 is 2.19 bits per heavy atom. The van der Waals surface area contributed by atoms with Crippen LogP contribution < -0.4 is 9.47 Å². The Bertz CT molecular complexity index is 734. The summed E-state index contributed by atoms with van der Waals surface area (Å²) in [6, 6.07) is 10.3. The number of carboxylic acid groups (broad SMARTS) is 1. The number of carbonyl (C=O) groups is 1. The Balaban J connectivity index is 1.78. The molecule has 1 aliphatic rings. The van der Waals surface area contributed by atoms with Gasteiger partial charge in [0, 0.05) is 12.5 Å². The van der Waals surface area contributed by atoms with Gasteiger partial charge in [-0.05, 0) is 23.8 Å². The number of fused-ring (bicyclic) bond motifs is 1. The molecule has 0 radical (unpaired) electrons. The maximum atomic E-state index is 10.9. The molecule has 6 heteroatoms. The summed E-state index contributed by atoms with van der Waals surface area (Å²) in [6.45, 7) is 0. The van der Waals surface area contributed by atoms with Crippen LogP contribution in [0, 0.1) is 11.3 Å². The lowest BCUT2D eigenvalue weighted by atomic mass is 10.1. The van der Waals surface area contributed by atoms with Gasteiger partial charge in [0.2, 0.25) is 0 Å². The number of hydrogen-bond acceptors (Lipinski definition) is 5. The van der Waals surface area contributed by atoms with Crippen molar-refractivity contribution >= 4 is 5.97 Å². The SMILES string of the molecule is N#Cc1ccc(Oc2ccc3c(c2)OC(C(=O)O)C3)cn1. The van der Waals surface area contributed by atoms with Crippen LogP contribution in [0.3, 0.4) is 0 Å². The van der Waals surface area contributed by atoms with Crippen molar-refractivity contribution in [1.29, 1.82) is 5.26 Å². The number of carboxylic acids is 1. The van der Waals surface area contributed by atoms with Crippen molar-refractivity contribution in [2.45, 2.75) is 12.5 Å². The minimum atomic E-state index is -0.982. The molecule has 2 aromatic rings. The lowest BCUT2D eigenvalue weighted by molar-refractivity contribution is -0.144. The predicted molar refractivity (Wildman–Crippen MR) is 71.2 cm³/mol. The van der Waals surface area contributed by atoms with E-state index < -0.39 is 12.1 Å². The fourth-order valence-electron chi connectivity index (χ4n) is 2.05. The quantitative estimate of drug-likeness (QED) is 0.927. The van der Waals surface area contributed by atoms with Crippen LogP contribution in [0.5, 0.6) is 17.2 Å². The molecule has 1 unspecified atom stereocenters. The number of nitriles is 1. The van der Waals surface area contributed by atoms with Gasteiger partial charge >= 0.3 is 5.97 Å². The fraction of sp³-hybridized carbons (Fsp3) is 0.133. The maximum absolute atomic E-state index is 10.9. The van der Waals surface area contributed by atoms with Crippen LogP contribution in [0.4, 0.5) is 0 Å². The molecule has 0 spiro atoms. The summed E-state index contributed by atoms with van der Waals surface area (Å²) < 4.78 is 10.9. The van der Waals surface area contributed by atoms with Gasteiger partial charge in [-0.15, -0.1) is 0 Å². The number of aliphatic carboxylic acids is 1. The van der Waals surface area contributed by atoms with Crippen LogP contribution in [-0.4, -0.2) is 22.2 Å². The number of pyridine rings is 1. The van der Waals surface area contributed by atoms with Crippen LogP contribution in [-0.2, 0) is 11.2 Å². The molecule has 1 atom stereocenters. The molecule has 2 heterocycles. The third-order valence-electron chi connectivity index (χ3n) is 3.08. The largest absolute Gasteiger partial charge is 0.478 e. The average molecular weight is 282 g/mol. The summed E-state index contributed by atoms with van der Waals surface area (Å²) in [4.78, 5) is 14.8.